The minimum Gasteiger partial charge on any atom is -0.357 e. The quantitative estimate of drug-likeness (QED) is 0.531. The number of nitrogens with one attached hydrogen (secondary N) is 2. The Labute approximate surface area is 68.9 Å². The normalized spacial score (nSPS) is 14.7. The van der Waals surface area contributed by atoms with E-state index in [0.29, 0.717) is 24.6 Å². The van der Waals surface area contributed by atoms with Gasteiger partial charge in [-0.05, 0) is 0 Å². The van der Waals surface area contributed by atoms with Crippen molar-refractivity contribution in [1.29, 1.82) is 0 Å². The van der Waals surface area contributed by atoms with E-state index in [-0.39, 0.29) is 5.56 Å². The molecule has 2 N–H and O–H groups in total. The van der Waals surface area contributed by atoms with Crippen LogP contribution in [0.5, 0.6) is 0 Å². The Morgan fingerprint density at radius 3 is 3.08 bits per heavy atom. The Balaban J connectivity index is 2.65. The molecule has 0 amide bonds. The molecule has 0 fully saturated rings. The van der Waals surface area contributed by atoms with Crippen molar-refractivity contribution in [2.45, 2.75) is 6.54 Å². The van der Waals surface area contributed by atoms with Crippen LogP contribution in [-0.2, 0) is 6.54 Å². The molecule has 0 radical (unpaired) electrons. The molecule has 1 aliphatic rings. The van der Waals surface area contributed by atoms with Crippen LogP contribution in [0.4, 0.5) is 5.82 Å². The smallest absolute Gasteiger partial charge is 0.277 e. The second-order valence-electron chi connectivity index (χ2n) is 2.47. The van der Waals surface area contributed by atoms with Crippen LogP contribution < -0.4 is 16.2 Å². The van der Waals surface area contributed by atoms with Crippen molar-refractivity contribution in [3.05, 3.63) is 28.3 Å². The van der Waals surface area contributed by atoms with Crippen LogP contribution in [0.15, 0.2) is 17.2 Å². The van der Waals surface area contributed by atoms with Gasteiger partial charge in [0.15, 0.2) is 0 Å². The van der Waals surface area contributed by atoms with Crippen molar-refractivity contribution in [2.24, 2.45) is 0 Å². The fraction of sp³-hybridized carbons (Fsp3) is 0.286. The van der Waals surface area contributed by atoms with Crippen LogP contribution in [-0.4, -0.2) is 16.6 Å². The van der Waals surface area contributed by atoms with E-state index in [1.807, 2.05) is 0 Å². The number of rotatable bonds is 0. The molecule has 0 spiro atoms. The molecule has 1 aromatic heterocycles. The van der Waals surface area contributed by atoms with Gasteiger partial charge in [0, 0.05) is 18.9 Å². The minimum absolute atomic E-state index is 0.220. The van der Waals surface area contributed by atoms with Crippen molar-refractivity contribution < 1.29 is 0 Å². The van der Waals surface area contributed by atoms with Crippen LogP contribution in [0, 0.1) is 0 Å². The van der Waals surface area contributed by atoms with E-state index in [0.717, 1.165) is 0 Å². The first kappa shape index (κ1) is 7.17. The Hall–Kier alpha value is -1.49. The minimum atomic E-state index is -0.220. The van der Waals surface area contributed by atoms with Gasteiger partial charge in [0.05, 0.1) is 12.2 Å². The predicted molar refractivity (Wildman–Crippen MR) is 43.6 cm³/mol. The van der Waals surface area contributed by atoms with Crippen molar-refractivity contribution in [3.8, 4) is 0 Å². The van der Waals surface area contributed by atoms with Gasteiger partial charge in [0.1, 0.15) is 5.82 Å². The van der Waals surface area contributed by atoms with Crippen LogP contribution in [0.2, 0.25) is 0 Å². The average molecular weight is 164 g/mol. The maximum atomic E-state index is 11.2. The second kappa shape index (κ2) is 2.86. The third-order valence-corrected chi connectivity index (χ3v) is 1.69. The average Bonchev–Trinajstić information content (AvgIpc) is 2.29. The zero-order valence-corrected chi connectivity index (χ0v) is 6.37. The number of hydrogen-bond acceptors (Lipinski definition) is 5. The number of aromatic nitrogens is 2. The molecule has 0 saturated carbocycles. The number of anilines is 1. The summed E-state index contributed by atoms with van der Waals surface area (Å²) in [5.41, 5.74) is 0.383. The topological polar surface area (TPSA) is 66.9 Å². The predicted octanol–water partition coefficient (Wildman–Crippen LogP) is -0.691. The molecule has 1 aliphatic heterocycles. The summed E-state index contributed by atoms with van der Waals surface area (Å²) in [6.45, 7) is 1.18. The molecule has 0 saturated heterocycles. The van der Waals surface area contributed by atoms with Gasteiger partial charge in [-0.15, -0.1) is 0 Å². The summed E-state index contributed by atoms with van der Waals surface area (Å²) < 4.78 is 0. The summed E-state index contributed by atoms with van der Waals surface area (Å²) in [7, 11) is 0. The first-order chi connectivity index (χ1) is 5.88. The third-order valence-electron chi connectivity index (χ3n) is 1.69. The monoisotopic (exact) mass is 164 g/mol. The molecule has 0 bridgehead atoms. The maximum absolute atomic E-state index is 11.2. The lowest BCUT2D eigenvalue weighted by molar-refractivity contribution is 0.698. The molecule has 2 rings (SSSR count). The van der Waals surface area contributed by atoms with Crippen molar-refractivity contribution in [1.82, 2.24) is 15.3 Å². The standard InChI is InChI=1S/C7H8N4O/c12-7-5-3-8-4-11-6(5)9-1-2-10-7/h1-2,8,11H,3-4H2. The van der Waals surface area contributed by atoms with E-state index in [4.69, 9.17) is 0 Å². The summed E-state index contributed by atoms with van der Waals surface area (Å²) in [6.07, 6.45) is 2.92. The van der Waals surface area contributed by atoms with E-state index >= 15 is 0 Å². The molecule has 0 aliphatic carbocycles. The van der Waals surface area contributed by atoms with Gasteiger partial charge in [0.2, 0.25) is 0 Å². The highest BCUT2D eigenvalue weighted by Gasteiger charge is 2.10. The van der Waals surface area contributed by atoms with Gasteiger partial charge in [-0.25, -0.2) is 9.97 Å². The largest absolute Gasteiger partial charge is 0.357 e. The SMILES string of the molecule is O=c1nccnc2c1CNCN2. The van der Waals surface area contributed by atoms with E-state index in [9.17, 15) is 4.79 Å². The Kier molecular flexibility index (Phi) is 1.71. The zero-order valence-electron chi connectivity index (χ0n) is 6.37. The Morgan fingerprint density at radius 1 is 1.33 bits per heavy atom. The number of fused-ring (bicyclic) bond motifs is 1. The van der Waals surface area contributed by atoms with Gasteiger partial charge in [-0.1, -0.05) is 0 Å². The first-order valence-corrected chi connectivity index (χ1v) is 3.67. The van der Waals surface area contributed by atoms with Crippen LogP contribution in [0.1, 0.15) is 5.56 Å². The number of hydrogen-bond donors (Lipinski definition) is 2. The summed E-state index contributed by atoms with van der Waals surface area (Å²) in [5.74, 6) is 0.635. The van der Waals surface area contributed by atoms with Gasteiger partial charge in [-0.2, -0.15) is 0 Å². The van der Waals surface area contributed by atoms with Gasteiger partial charge in [-0.3, -0.25) is 10.1 Å². The Bertz CT molecular complexity index is 352. The highest BCUT2D eigenvalue weighted by atomic mass is 16.1. The molecular formula is C7H8N4O. The van der Waals surface area contributed by atoms with Crippen molar-refractivity contribution in [2.75, 3.05) is 12.0 Å². The summed E-state index contributed by atoms with van der Waals surface area (Å²) >= 11 is 0. The van der Waals surface area contributed by atoms with Crippen LogP contribution in [0.25, 0.3) is 0 Å². The molecule has 62 valence electrons. The van der Waals surface area contributed by atoms with Crippen molar-refractivity contribution >= 4 is 5.82 Å². The zero-order chi connectivity index (χ0) is 8.39. The summed E-state index contributed by atoms with van der Waals surface area (Å²) in [6, 6.07) is 0. The first-order valence-electron chi connectivity index (χ1n) is 3.67. The van der Waals surface area contributed by atoms with Crippen LogP contribution >= 0.6 is 0 Å². The molecule has 0 atom stereocenters. The highest BCUT2D eigenvalue weighted by molar-refractivity contribution is 5.43. The fourth-order valence-corrected chi connectivity index (χ4v) is 1.11. The van der Waals surface area contributed by atoms with E-state index in [1.54, 1.807) is 0 Å². The van der Waals surface area contributed by atoms with E-state index in [1.165, 1.54) is 12.4 Å². The molecule has 12 heavy (non-hydrogen) atoms. The van der Waals surface area contributed by atoms with Gasteiger partial charge in [0.25, 0.3) is 5.56 Å². The number of nitrogens with zero attached hydrogens (tertiary/aromatic N) is 2. The molecule has 0 aromatic carbocycles. The molecule has 5 nitrogen and oxygen atoms in total. The summed E-state index contributed by atoms with van der Waals surface area (Å²) in [5, 5.41) is 5.97. The van der Waals surface area contributed by atoms with E-state index in [2.05, 4.69) is 20.6 Å². The summed E-state index contributed by atoms with van der Waals surface area (Å²) in [4.78, 5) is 18.9. The molecule has 1 aromatic rings. The highest BCUT2D eigenvalue weighted by Crippen LogP contribution is 2.06. The second-order valence-corrected chi connectivity index (χ2v) is 2.47. The molecule has 5 heteroatoms. The lowest BCUT2D eigenvalue weighted by atomic mass is 10.3. The van der Waals surface area contributed by atoms with E-state index < -0.39 is 0 Å². The molecular weight excluding hydrogens is 156 g/mol. The molecule has 0 unspecified atom stereocenters. The van der Waals surface area contributed by atoms with Gasteiger partial charge < -0.3 is 5.32 Å². The third kappa shape index (κ3) is 1.14. The van der Waals surface area contributed by atoms with Gasteiger partial charge >= 0.3 is 0 Å². The Morgan fingerprint density at radius 2 is 2.17 bits per heavy atom. The lowest BCUT2D eigenvalue weighted by Crippen LogP contribution is -2.31. The fourth-order valence-electron chi connectivity index (χ4n) is 1.11. The van der Waals surface area contributed by atoms with Crippen LogP contribution in [0.3, 0.4) is 0 Å². The lowest BCUT2D eigenvalue weighted by Gasteiger charge is -2.13. The van der Waals surface area contributed by atoms with Crippen molar-refractivity contribution in [3.63, 3.8) is 0 Å². The molecule has 2 heterocycles. The maximum Gasteiger partial charge on any atom is 0.277 e.